The third-order valence-corrected chi connectivity index (χ3v) is 2.97. The Hall–Kier alpha value is -0.900. The predicted octanol–water partition coefficient (Wildman–Crippen LogP) is 1.68. The normalized spacial score (nSPS) is 21.0. The summed E-state index contributed by atoms with van der Waals surface area (Å²) in [5, 5.41) is 2.67. The average Bonchev–Trinajstić information content (AvgIpc) is 2.26. The third kappa shape index (κ3) is 5.31. The van der Waals surface area contributed by atoms with Crippen molar-refractivity contribution in [3.63, 3.8) is 0 Å². The average molecular weight is 241 g/mol. The van der Waals surface area contributed by atoms with Gasteiger partial charge in [-0.15, -0.1) is 0 Å². The summed E-state index contributed by atoms with van der Waals surface area (Å²) in [5.41, 5.74) is -0.394. The summed E-state index contributed by atoms with van der Waals surface area (Å²) in [6.45, 7) is 6.43. The minimum Gasteiger partial charge on any atom is -0.378 e. The van der Waals surface area contributed by atoms with Gasteiger partial charge in [-0.3, -0.25) is 9.59 Å². The van der Waals surface area contributed by atoms with Gasteiger partial charge in [0.25, 0.3) is 0 Å². The van der Waals surface area contributed by atoms with Crippen LogP contribution in [-0.2, 0) is 14.3 Å². The highest BCUT2D eigenvalue weighted by Gasteiger charge is 2.22. The first kappa shape index (κ1) is 14.2. The Balaban J connectivity index is 2.23. The molecule has 4 nitrogen and oxygen atoms in total. The van der Waals surface area contributed by atoms with Gasteiger partial charge in [-0.2, -0.15) is 0 Å². The van der Waals surface area contributed by atoms with E-state index in [1.54, 1.807) is 0 Å². The molecule has 1 rings (SSSR count). The monoisotopic (exact) mass is 241 g/mol. The van der Waals surface area contributed by atoms with E-state index in [9.17, 15) is 9.59 Å². The van der Waals surface area contributed by atoms with Crippen LogP contribution in [0.1, 0.15) is 46.5 Å². The molecule has 0 aromatic rings. The molecule has 98 valence electrons. The van der Waals surface area contributed by atoms with Crippen molar-refractivity contribution in [2.75, 3.05) is 13.2 Å². The van der Waals surface area contributed by atoms with Crippen LogP contribution in [0.25, 0.3) is 0 Å². The summed E-state index contributed by atoms with van der Waals surface area (Å²) in [7, 11) is 0. The standard InChI is InChI=1S/C13H23NO3/c1-13(2,3)11(15)9-14-12(16)8-10-6-4-5-7-17-10/h10H,4-9H2,1-3H3,(H,14,16). The molecule has 1 atom stereocenters. The predicted molar refractivity (Wildman–Crippen MR) is 65.7 cm³/mol. The minimum absolute atomic E-state index is 0.0356. The molecule has 17 heavy (non-hydrogen) atoms. The van der Waals surface area contributed by atoms with Crippen molar-refractivity contribution in [2.45, 2.75) is 52.6 Å². The van der Waals surface area contributed by atoms with Gasteiger partial charge in [0, 0.05) is 12.0 Å². The number of Topliss-reactive ketones (excluding diaryl/α,β-unsaturated/α-hetero) is 1. The van der Waals surface area contributed by atoms with Crippen LogP contribution in [0.15, 0.2) is 0 Å². The lowest BCUT2D eigenvalue weighted by Gasteiger charge is -2.22. The van der Waals surface area contributed by atoms with Crippen molar-refractivity contribution in [3.05, 3.63) is 0 Å². The van der Waals surface area contributed by atoms with Crippen molar-refractivity contribution in [1.82, 2.24) is 5.32 Å². The fraction of sp³-hybridized carbons (Fsp3) is 0.846. The summed E-state index contributed by atoms with van der Waals surface area (Å²) in [4.78, 5) is 23.2. The quantitative estimate of drug-likeness (QED) is 0.814. The van der Waals surface area contributed by atoms with E-state index >= 15 is 0 Å². The SMILES string of the molecule is CC(C)(C)C(=O)CNC(=O)CC1CCCCO1. The van der Waals surface area contributed by atoms with Crippen LogP contribution >= 0.6 is 0 Å². The number of amides is 1. The van der Waals surface area contributed by atoms with Crippen molar-refractivity contribution in [3.8, 4) is 0 Å². The van der Waals surface area contributed by atoms with E-state index in [0.717, 1.165) is 25.9 Å². The van der Waals surface area contributed by atoms with Gasteiger partial charge in [0.05, 0.1) is 19.1 Å². The second kappa shape index (κ2) is 6.15. The summed E-state index contributed by atoms with van der Waals surface area (Å²) in [5.74, 6) is -0.0371. The lowest BCUT2D eigenvalue weighted by Crippen LogP contribution is -2.37. The maximum Gasteiger partial charge on any atom is 0.222 e. The highest BCUT2D eigenvalue weighted by atomic mass is 16.5. The van der Waals surface area contributed by atoms with Crippen LogP contribution in [0.4, 0.5) is 0 Å². The van der Waals surface area contributed by atoms with Gasteiger partial charge in [-0.25, -0.2) is 0 Å². The zero-order valence-electron chi connectivity index (χ0n) is 11.0. The van der Waals surface area contributed by atoms with Crippen LogP contribution in [-0.4, -0.2) is 30.9 Å². The van der Waals surface area contributed by atoms with E-state index in [2.05, 4.69) is 5.32 Å². The largest absolute Gasteiger partial charge is 0.378 e. The molecule has 0 radical (unpaired) electrons. The molecule has 0 spiro atoms. The number of carbonyl (C=O) groups is 2. The molecule has 1 aliphatic heterocycles. The first-order valence-corrected chi connectivity index (χ1v) is 6.31. The molecule has 1 unspecified atom stereocenters. The van der Waals surface area contributed by atoms with Gasteiger partial charge in [0.15, 0.2) is 5.78 Å². The van der Waals surface area contributed by atoms with E-state index < -0.39 is 5.41 Å². The summed E-state index contributed by atoms with van der Waals surface area (Å²) < 4.78 is 5.48. The van der Waals surface area contributed by atoms with Crippen LogP contribution in [0.5, 0.6) is 0 Å². The molecule has 1 aliphatic rings. The molecule has 0 aromatic carbocycles. The molecule has 1 heterocycles. The van der Waals surface area contributed by atoms with Gasteiger partial charge < -0.3 is 10.1 Å². The summed E-state index contributed by atoms with van der Waals surface area (Å²) in [6.07, 6.45) is 3.56. The number of rotatable bonds is 4. The maximum absolute atomic E-state index is 11.6. The third-order valence-electron chi connectivity index (χ3n) is 2.97. The Morgan fingerprint density at radius 2 is 2.00 bits per heavy atom. The van der Waals surface area contributed by atoms with Gasteiger partial charge in [0.1, 0.15) is 0 Å². The number of ether oxygens (including phenoxy) is 1. The molecule has 0 aliphatic carbocycles. The summed E-state index contributed by atoms with van der Waals surface area (Å²) in [6, 6.07) is 0. The van der Waals surface area contributed by atoms with Gasteiger partial charge >= 0.3 is 0 Å². The fourth-order valence-corrected chi connectivity index (χ4v) is 1.69. The van der Waals surface area contributed by atoms with Crippen molar-refractivity contribution < 1.29 is 14.3 Å². The fourth-order valence-electron chi connectivity index (χ4n) is 1.69. The van der Waals surface area contributed by atoms with Crippen LogP contribution in [0.3, 0.4) is 0 Å². The van der Waals surface area contributed by atoms with Crippen molar-refractivity contribution in [2.24, 2.45) is 5.41 Å². The van der Waals surface area contributed by atoms with Crippen LogP contribution < -0.4 is 5.32 Å². The Bertz CT molecular complexity index is 275. The number of ketones is 1. The molecular weight excluding hydrogens is 218 g/mol. The molecule has 1 fully saturated rings. The minimum atomic E-state index is -0.394. The molecule has 0 aromatic heterocycles. The summed E-state index contributed by atoms with van der Waals surface area (Å²) >= 11 is 0. The Kier molecular flexibility index (Phi) is 5.12. The Morgan fingerprint density at radius 1 is 1.29 bits per heavy atom. The maximum atomic E-state index is 11.6. The molecule has 1 amide bonds. The molecule has 0 bridgehead atoms. The highest BCUT2D eigenvalue weighted by Crippen LogP contribution is 2.16. The van der Waals surface area contributed by atoms with E-state index in [1.807, 2.05) is 20.8 Å². The van der Waals surface area contributed by atoms with Gasteiger partial charge in [-0.1, -0.05) is 20.8 Å². The van der Waals surface area contributed by atoms with E-state index in [1.165, 1.54) is 0 Å². The molecular formula is C13H23NO3. The molecule has 1 N–H and O–H groups in total. The molecule has 4 heteroatoms. The first-order valence-electron chi connectivity index (χ1n) is 6.31. The van der Waals surface area contributed by atoms with Gasteiger partial charge in [-0.05, 0) is 19.3 Å². The second-order valence-electron chi connectivity index (χ2n) is 5.64. The zero-order valence-corrected chi connectivity index (χ0v) is 11.0. The first-order chi connectivity index (χ1) is 7.89. The van der Waals surface area contributed by atoms with Gasteiger partial charge in [0.2, 0.25) is 5.91 Å². The van der Waals surface area contributed by atoms with Crippen molar-refractivity contribution >= 4 is 11.7 Å². The lowest BCUT2D eigenvalue weighted by atomic mass is 9.91. The van der Waals surface area contributed by atoms with E-state index in [0.29, 0.717) is 6.42 Å². The van der Waals surface area contributed by atoms with Crippen LogP contribution in [0, 0.1) is 5.41 Å². The lowest BCUT2D eigenvalue weighted by molar-refractivity contribution is -0.130. The molecule has 1 saturated heterocycles. The number of hydrogen-bond acceptors (Lipinski definition) is 3. The van der Waals surface area contributed by atoms with E-state index in [-0.39, 0.29) is 24.3 Å². The second-order valence-corrected chi connectivity index (χ2v) is 5.64. The van der Waals surface area contributed by atoms with Crippen molar-refractivity contribution in [1.29, 1.82) is 0 Å². The topological polar surface area (TPSA) is 55.4 Å². The smallest absolute Gasteiger partial charge is 0.222 e. The Morgan fingerprint density at radius 3 is 2.53 bits per heavy atom. The number of nitrogens with one attached hydrogen (secondary N) is 1. The van der Waals surface area contributed by atoms with Crippen LogP contribution in [0.2, 0.25) is 0 Å². The highest BCUT2D eigenvalue weighted by molar-refractivity contribution is 5.89. The zero-order chi connectivity index (χ0) is 12.9. The Labute approximate surface area is 103 Å². The number of hydrogen-bond donors (Lipinski definition) is 1. The van der Waals surface area contributed by atoms with E-state index in [4.69, 9.17) is 4.74 Å². The number of carbonyl (C=O) groups excluding carboxylic acids is 2. The molecule has 0 saturated carbocycles.